The predicted octanol–water partition coefficient (Wildman–Crippen LogP) is 3.19. The zero-order valence-electron chi connectivity index (χ0n) is 17.3. The molecule has 0 saturated carbocycles. The number of amides is 1. The summed E-state index contributed by atoms with van der Waals surface area (Å²) in [6, 6.07) is 10.7. The van der Waals surface area contributed by atoms with Gasteiger partial charge < -0.3 is 14.5 Å². The highest BCUT2D eigenvalue weighted by molar-refractivity contribution is 6.01. The third-order valence-corrected chi connectivity index (χ3v) is 5.62. The fraction of sp³-hybridized carbons (Fsp3) is 0.565. The second-order valence-corrected chi connectivity index (χ2v) is 8.62. The van der Waals surface area contributed by atoms with E-state index in [0.717, 1.165) is 45.3 Å². The minimum atomic E-state index is -0.617. The van der Waals surface area contributed by atoms with Crippen LogP contribution < -0.4 is 0 Å². The number of benzene rings is 1. The normalized spacial score (nSPS) is 22.3. The maximum atomic E-state index is 12.9. The molecule has 1 saturated heterocycles. The fourth-order valence-corrected chi connectivity index (χ4v) is 4.13. The standard InChI is InChI=1S/C23H32N2O3/c1-23(2)16-20(26)15-21(28-23)22(27)24(3)19-12-8-14-25(17-19)13-7-11-18-9-5-4-6-10-18/h4-6,9-10,15,19H,7-8,11-14,16-17H2,1-3H3/t19-/m0/s1. The molecule has 0 unspecified atom stereocenters. The molecule has 1 amide bonds. The van der Waals surface area contributed by atoms with E-state index < -0.39 is 5.60 Å². The van der Waals surface area contributed by atoms with Gasteiger partial charge in [-0.1, -0.05) is 30.3 Å². The second kappa shape index (κ2) is 8.91. The first kappa shape index (κ1) is 20.6. The number of allylic oxidation sites excluding steroid dienone is 1. The molecule has 0 spiro atoms. The number of likely N-dealkylation sites (tertiary alicyclic amines) is 1. The molecule has 0 aromatic heterocycles. The zero-order valence-corrected chi connectivity index (χ0v) is 17.3. The van der Waals surface area contributed by atoms with Gasteiger partial charge in [0.2, 0.25) is 0 Å². The minimum absolute atomic E-state index is 0.0424. The van der Waals surface area contributed by atoms with Crippen LogP contribution in [0.25, 0.3) is 0 Å². The number of carbonyl (C=O) groups excluding carboxylic acids is 2. The van der Waals surface area contributed by atoms with Gasteiger partial charge >= 0.3 is 0 Å². The van der Waals surface area contributed by atoms with E-state index in [-0.39, 0.29) is 23.5 Å². The first-order valence-electron chi connectivity index (χ1n) is 10.3. The van der Waals surface area contributed by atoms with Crippen LogP contribution in [-0.2, 0) is 20.7 Å². The Morgan fingerprint density at radius 3 is 2.75 bits per heavy atom. The number of ether oxygens (including phenoxy) is 1. The van der Waals surface area contributed by atoms with Gasteiger partial charge in [-0.05, 0) is 58.2 Å². The van der Waals surface area contributed by atoms with Crippen LogP contribution in [0.5, 0.6) is 0 Å². The number of hydrogen-bond donors (Lipinski definition) is 0. The van der Waals surface area contributed by atoms with Crippen LogP contribution in [0.1, 0.15) is 45.1 Å². The third-order valence-electron chi connectivity index (χ3n) is 5.62. The van der Waals surface area contributed by atoms with Crippen molar-refractivity contribution in [2.75, 3.05) is 26.7 Å². The molecule has 2 aliphatic heterocycles. The van der Waals surface area contributed by atoms with E-state index in [1.165, 1.54) is 11.6 Å². The van der Waals surface area contributed by atoms with E-state index in [2.05, 4.69) is 29.2 Å². The number of piperidine rings is 1. The van der Waals surface area contributed by atoms with E-state index in [1.807, 2.05) is 27.0 Å². The molecule has 3 rings (SSSR count). The number of carbonyl (C=O) groups is 2. The third kappa shape index (κ3) is 5.44. The molecule has 1 aromatic rings. The van der Waals surface area contributed by atoms with Crippen LogP contribution in [0, 0.1) is 0 Å². The van der Waals surface area contributed by atoms with Gasteiger partial charge in [-0.3, -0.25) is 9.59 Å². The number of nitrogens with zero attached hydrogens (tertiary/aromatic N) is 2. The summed E-state index contributed by atoms with van der Waals surface area (Å²) in [4.78, 5) is 29.1. The van der Waals surface area contributed by atoms with Crippen molar-refractivity contribution in [3.8, 4) is 0 Å². The lowest BCUT2D eigenvalue weighted by atomic mass is 9.98. The van der Waals surface area contributed by atoms with Crippen LogP contribution in [0.15, 0.2) is 42.2 Å². The Hall–Kier alpha value is -2.14. The highest BCUT2D eigenvalue weighted by Crippen LogP contribution is 2.26. The summed E-state index contributed by atoms with van der Waals surface area (Å²) < 4.78 is 5.79. The van der Waals surface area contributed by atoms with Gasteiger partial charge in [0.25, 0.3) is 5.91 Å². The molecule has 1 aromatic carbocycles. The van der Waals surface area contributed by atoms with Gasteiger partial charge in [0.15, 0.2) is 11.5 Å². The number of rotatable bonds is 6. The first-order chi connectivity index (χ1) is 13.3. The first-order valence-corrected chi connectivity index (χ1v) is 10.3. The molecule has 0 bridgehead atoms. The number of aryl methyl sites for hydroxylation is 1. The highest BCUT2D eigenvalue weighted by atomic mass is 16.5. The summed E-state index contributed by atoms with van der Waals surface area (Å²) in [6.45, 7) is 6.69. The van der Waals surface area contributed by atoms with Gasteiger partial charge in [0.1, 0.15) is 5.60 Å². The lowest BCUT2D eigenvalue weighted by Crippen LogP contribution is -2.50. The monoisotopic (exact) mass is 384 g/mol. The summed E-state index contributed by atoms with van der Waals surface area (Å²) in [7, 11) is 1.83. The van der Waals surface area contributed by atoms with Crippen LogP contribution in [0.3, 0.4) is 0 Å². The van der Waals surface area contributed by atoms with Gasteiger partial charge in [0.05, 0.1) is 0 Å². The molecular formula is C23H32N2O3. The number of hydrogen-bond acceptors (Lipinski definition) is 4. The molecule has 0 radical (unpaired) electrons. The van der Waals surface area contributed by atoms with Crippen LogP contribution in [0.4, 0.5) is 0 Å². The molecule has 152 valence electrons. The van der Waals surface area contributed by atoms with Crippen molar-refractivity contribution in [3.63, 3.8) is 0 Å². The highest BCUT2D eigenvalue weighted by Gasteiger charge is 2.35. The quantitative estimate of drug-likeness (QED) is 0.756. The summed E-state index contributed by atoms with van der Waals surface area (Å²) in [5, 5.41) is 0. The maximum absolute atomic E-state index is 12.9. The van der Waals surface area contributed by atoms with Crippen LogP contribution in [0.2, 0.25) is 0 Å². The zero-order chi connectivity index (χ0) is 20.1. The Kier molecular flexibility index (Phi) is 6.55. The Morgan fingerprint density at radius 1 is 1.29 bits per heavy atom. The van der Waals surface area contributed by atoms with Crippen molar-refractivity contribution >= 4 is 11.7 Å². The molecule has 1 fully saturated rings. The molecule has 5 heteroatoms. The minimum Gasteiger partial charge on any atom is -0.481 e. The van der Waals surface area contributed by atoms with E-state index in [0.29, 0.717) is 6.42 Å². The summed E-state index contributed by atoms with van der Waals surface area (Å²) in [5.74, 6) is -0.0404. The Bertz CT molecular complexity index is 727. The molecule has 0 N–H and O–H groups in total. The van der Waals surface area contributed by atoms with Gasteiger partial charge in [-0.15, -0.1) is 0 Å². The summed E-state index contributed by atoms with van der Waals surface area (Å²) in [5.41, 5.74) is 0.755. The Labute approximate surface area is 168 Å². The number of likely N-dealkylation sites (N-methyl/N-ethyl adjacent to an activating group) is 1. The van der Waals surface area contributed by atoms with Crippen molar-refractivity contribution in [1.29, 1.82) is 0 Å². The molecule has 2 heterocycles. The van der Waals surface area contributed by atoms with E-state index in [9.17, 15) is 9.59 Å². The molecule has 0 aliphatic carbocycles. The lowest BCUT2D eigenvalue weighted by molar-refractivity contribution is -0.139. The Morgan fingerprint density at radius 2 is 2.04 bits per heavy atom. The van der Waals surface area contributed by atoms with Crippen molar-refractivity contribution in [2.45, 2.75) is 57.6 Å². The second-order valence-electron chi connectivity index (χ2n) is 8.62. The van der Waals surface area contributed by atoms with Crippen LogP contribution in [-0.4, -0.2) is 59.8 Å². The van der Waals surface area contributed by atoms with Crippen molar-refractivity contribution in [1.82, 2.24) is 9.80 Å². The summed E-state index contributed by atoms with van der Waals surface area (Å²) in [6.07, 6.45) is 5.94. The largest absolute Gasteiger partial charge is 0.481 e. The molecule has 5 nitrogen and oxygen atoms in total. The number of ketones is 1. The summed E-state index contributed by atoms with van der Waals surface area (Å²) >= 11 is 0. The van der Waals surface area contributed by atoms with Crippen molar-refractivity contribution in [2.24, 2.45) is 0 Å². The van der Waals surface area contributed by atoms with Gasteiger partial charge in [-0.2, -0.15) is 0 Å². The maximum Gasteiger partial charge on any atom is 0.289 e. The van der Waals surface area contributed by atoms with E-state index >= 15 is 0 Å². The fourth-order valence-electron chi connectivity index (χ4n) is 4.13. The van der Waals surface area contributed by atoms with Crippen LogP contribution >= 0.6 is 0 Å². The van der Waals surface area contributed by atoms with Gasteiger partial charge in [0, 0.05) is 32.1 Å². The molecule has 28 heavy (non-hydrogen) atoms. The smallest absolute Gasteiger partial charge is 0.289 e. The average Bonchev–Trinajstić information content (AvgIpc) is 2.66. The Balaban J connectivity index is 1.53. The molecule has 2 aliphatic rings. The van der Waals surface area contributed by atoms with E-state index in [1.54, 1.807) is 4.90 Å². The lowest BCUT2D eigenvalue weighted by Gasteiger charge is -2.39. The predicted molar refractivity (Wildman–Crippen MR) is 110 cm³/mol. The SMILES string of the molecule is CN(C(=O)C1=CC(=O)CC(C)(C)O1)[C@H]1CCCN(CCCc2ccccc2)C1. The molecular weight excluding hydrogens is 352 g/mol. The van der Waals surface area contributed by atoms with Crippen molar-refractivity contribution in [3.05, 3.63) is 47.7 Å². The molecule has 1 atom stereocenters. The van der Waals surface area contributed by atoms with Gasteiger partial charge in [-0.25, -0.2) is 0 Å². The topological polar surface area (TPSA) is 49.9 Å². The van der Waals surface area contributed by atoms with Crippen molar-refractivity contribution < 1.29 is 14.3 Å². The average molecular weight is 385 g/mol. The van der Waals surface area contributed by atoms with E-state index in [4.69, 9.17) is 4.74 Å².